The summed E-state index contributed by atoms with van der Waals surface area (Å²) in [4.78, 5) is 0. The molecule has 74 valence electrons. The van der Waals surface area contributed by atoms with Crippen LogP contribution in [0.4, 0.5) is 0 Å². The summed E-state index contributed by atoms with van der Waals surface area (Å²) in [6, 6.07) is 0. The Morgan fingerprint density at radius 1 is 0.357 bits per heavy atom. The van der Waals surface area contributed by atoms with Gasteiger partial charge in [-0.1, -0.05) is 0 Å². The zero-order valence-electron chi connectivity index (χ0n) is 7.46. The Morgan fingerprint density at radius 2 is 0.500 bits per heavy atom. The average Bonchev–Trinajstić information content (AvgIpc) is 3.09. The summed E-state index contributed by atoms with van der Waals surface area (Å²) < 4.78 is 0. The number of nitrogens with two attached hydrogens (primary N) is 6. The standard InChI is InChI=1S/C8H12N6/c9-3-1(4(3,10)5(1,3)11)2-6(12)7(2,13)8(2,6)14/h9-14H2. The van der Waals surface area contributed by atoms with Crippen molar-refractivity contribution >= 4 is 0 Å². The molecule has 0 amide bonds. The highest BCUT2D eigenvalue weighted by Crippen LogP contribution is 3.32. The number of hydrogen-bond acceptors (Lipinski definition) is 6. The normalized spacial score (nSPS) is 111. The van der Waals surface area contributed by atoms with E-state index in [0.717, 1.165) is 0 Å². The molecule has 6 heteroatoms. The Labute approximate surface area is 79.3 Å². The monoisotopic (exact) mass is 192 g/mol. The Kier molecular flexibility index (Phi) is 0.352. The van der Waals surface area contributed by atoms with Gasteiger partial charge in [0.15, 0.2) is 0 Å². The Hall–Kier alpha value is -0.240. The van der Waals surface area contributed by atoms with E-state index in [-0.39, 0.29) is 44.1 Å². The van der Waals surface area contributed by atoms with Crippen LogP contribution in [0.5, 0.6) is 0 Å². The van der Waals surface area contributed by atoms with Gasteiger partial charge >= 0.3 is 0 Å². The SMILES string of the molecule is NC12C3(N)C1(N)C23C12C3(N)C1(N)C32N. The van der Waals surface area contributed by atoms with Crippen molar-refractivity contribution in [2.75, 3.05) is 0 Å². The molecule has 0 saturated heterocycles. The van der Waals surface area contributed by atoms with E-state index in [1.54, 1.807) is 0 Å². The van der Waals surface area contributed by atoms with Gasteiger partial charge in [-0.2, -0.15) is 0 Å². The Balaban J connectivity index is 1.66. The summed E-state index contributed by atoms with van der Waals surface area (Å²) in [7, 11) is 0. The van der Waals surface area contributed by atoms with E-state index in [9.17, 15) is 0 Å². The van der Waals surface area contributed by atoms with Crippen LogP contribution >= 0.6 is 0 Å². The molecule has 0 aliphatic heterocycles. The lowest BCUT2D eigenvalue weighted by Crippen LogP contribution is -2.12. The third-order valence-corrected chi connectivity index (χ3v) is 7.34. The van der Waals surface area contributed by atoms with Crippen LogP contribution in [0.3, 0.4) is 0 Å². The Bertz CT molecular complexity index is 402. The van der Waals surface area contributed by atoms with Crippen LogP contribution in [0.15, 0.2) is 0 Å². The smallest absolute Gasteiger partial charge is 0.0674 e. The lowest BCUT2D eigenvalue weighted by molar-refractivity contribution is 0.588. The molecule has 0 aromatic carbocycles. The topological polar surface area (TPSA) is 156 Å². The summed E-state index contributed by atoms with van der Waals surface area (Å²) in [5.41, 5.74) is 34.0. The molecule has 0 spiro atoms. The molecule has 8 aliphatic rings. The molecular weight excluding hydrogens is 180 g/mol. The second kappa shape index (κ2) is 0.774. The van der Waals surface area contributed by atoms with E-state index < -0.39 is 0 Å². The van der Waals surface area contributed by atoms with E-state index in [1.807, 2.05) is 0 Å². The maximum absolute atomic E-state index is 6.11. The molecule has 8 rings (SSSR count). The van der Waals surface area contributed by atoms with Gasteiger partial charge in [-0.15, -0.1) is 0 Å². The van der Waals surface area contributed by atoms with Crippen LogP contribution < -0.4 is 34.4 Å². The molecule has 0 aromatic rings. The van der Waals surface area contributed by atoms with Crippen molar-refractivity contribution < 1.29 is 0 Å². The van der Waals surface area contributed by atoms with E-state index >= 15 is 0 Å². The van der Waals surface area contributed by atoms with Gasteiger partial charge in [0, 0.05) is 10.8 Å². The first-order valence-corrected chi connectivity index (χ1v) is 4.98. The highest BCUT2D eigenvalue weighted by atomic mass is 15.7. The van der Waals surface area contributed by atoms with Crippen molar-refractivity contribution in [2.45, 2.75) is 33.2 Å². The summed E-state index contributed by atoms with van der Waals surface area (Å²) in [6.07, 6.45) is 0. The fourth-order valence-corrected chi connectivity index (χ4v) is 6.34. The summed E-state index contributed by atoms with van der Waals surface area (Å²) in [5.74, 6) is 0. The number of rotatable bonds is 1. The zero-order valence-corrected chi connectivity index (χ0v) is 7.46. The average molecular weight is 192 g/mol. The molecule has 8 saturated carbocycles. The highest BCUT2D eigenvalue weighted by molar-refractivity contribution is 6.12. The van der Waals surface area contributed by atoms with Crippen LogP contribution in [0.25, 0.3) is 0 Å². The van der Waals surface area contributed by atoms with Gasteiger partial charge in [0.2, 0.25) is 0 Å². The van der Waals surface area contributed by atoms with Gasteiger partial charge in [-0.3, -0.25) is 0 Å². The second-order valence-electron chi connectivity index (χ2n) is 6.35. The van der Waals surface area contributed by atoms with Gasteiger partial charge in [0.25, 0.3) is 0 Å². The van der Waals surface area contributed by atoms with Crippen molar-refractivity contribution in [3.05, 3.63) is 0 Å². The first-order chi connectivity index (χ1) is 6.25. The molecule has 0 heterocycles. The molecule has 6 nitrogen and oxygen atoms in total. The molecule has 0 radical (unpaired) electrons. The third kappa shape index (κ3) is 0.134. The molecule has 8 aliphatic carbocycles. The van der Waals surface area contributed by atoms with E-state index in [0.29, 0.717) is 0 Å². The minimum atomic E-state index is -0.379. The highest BCUT2D eigenvalue weighted by Gasteiger charge is 3.54. The molecule has 0 unspecified atom stereocenters. The largest absolute Gasteiger partial charge is 0.321 e. The maximum atomic E-state index is 6.11. The van der Waals surface area contributed by atoms with Gasteiger partial charge < -0.3 is 34.4 Å². The Morgan fingerprint density at radius 3 is 0.571 bits per heavy atom. The van der Waals surface area contributed by atoms with E-state index in [1.165, 1.54) is 0 Å². The maximum Gasteiger partial charge on any atom is 0.0674 e. The minimum Gasteiger partial charge on any atom is -0.321 e. The number of hydrogen-bond donors (Lipinski definition) is 6. The lowest BCUT2D eigenvalue weighted by atomic mass is 10.2. The molecule has 0 atom stereocenters. The van der Waals surface area contributed by atoms with Crippen molar-refractivity contribution in [1.82, 2.24) is 0 Å². The molecule has 8 fully saturated rings. The first-order valence-electron chi connectivity index (χ1n) is 4.98. The predicted octanol–water partition coefficient (Wildman–Crippen LogP) is -4.77. The van der Waals surface area contributed by atoms with Crippen molar-refractivity contribution in [2.24, 2.45) is 45.2 Å². The van der Waals surface area contributed by atoms with Crippen LogP contribution in [0.2, 0.25) is 0 Å². The molecule has 14 heavy (non-hydrogen) atoms. The van der Waals surface area contributed by atoms with Crippen molar-refractivity contribution in [3.8, 4) is 0 Å². The zero-order chi connectivity index (χ0) is 10.0. The molecule has 12 N–H and O–H groups in total. The lowest BCUT2D eigenvalue weighted by Gasteiger charge is -1.87. The van der Waals surface area contributed by atoms with Crippen molar-refractivity contribution in [3.63, 3.8) is 0 Å². The summed E-state index contributed by atoms with van der Waals surface area (Å²) in [6.45, 7) is 0. The fraction of sp³-hybridized carbons (Fsp3) is 1.00. The van der Waals surface area contributed by atoms with E-state index in [2.05, 4.69) is 0 Å². The first kappa shape index (κ1) is 6.37. The minimum absolute atomic E-state index is 0.182. The summed E-state index contributed by atoms with van der Waals surface area (Å²) in [5, 5.41) is 0. The van der Waals surface area contributed by atoms with Crippen LogP contribution in [-0.4, -0.2) is 33.2 Å². The predicted molar refractivity (Wildman–Crippen MR) is 46.4 cm³/mol. The van der Waals surface area contributed by atoms with Crippen LogP contribution in [0.1, 0.15) is 0 Å². The van der Waals surface area contributed by atoms with Gasteiger partial charge in [-0.25, -0.2) is 0 Å². The second-order valence-corrected chi connectivity index (χ2v) is 6.35. The van der Waals surface area contributed by atoms with Crippen LogP contribution in [-0.2, 0) is 0 Å². The fourth-order valence-electron chi connectivity index (χ4n) is 6.34. The van der Waals surface area contributed by atoms with Crippen molar-refractivity contribution in [1.29, 1.82) is 0 Å². The molecule has 0 aromatic heterocycles. The van der Waals surface area contributed by atoms with Gasteiger partial charge in [0.05, 0.1) is 33.2 Å². The van der Waals surface area contributed by atoms with Crippen LogP contribution in [0, 0.1) is 10.8 Å². The molecule has 0 bridgehead atoms. The van der Waals surface area contributed by atoms with Gasteiger partial charge in [-0.05, 0) is 0 Å². The van der Waals surface area contributed by atoms with Gasteiger partial charge in [0.1, 0.15) is 0 Å². The summed E-state index contributed by atoms with van der Waals surface area (Å²) >= 11 is 0. The van der Waals surface area contributed by atoms with E-state index in [4.69, 9.17) is 34.4 Å². The third-order valence-electron chi connectivity index (χ3n) is 7.34. The quantitative estimate of drug-likeness (QED) is 0.245. The molecular formula is C8H12N6.